The van der Waals surface area contributed by atoms with Crippen molar-refractivity contribution in [1.82, 2.24) is 35.3 Å². The molecule has 0 bridgehead atoms. The van der Waals surface area contributed by atoms with E-state index in [1.165, 1.54) is 17.5 Å². The van der Waals surface area contributed by atoms with Gasteiger partial charge in [0, 0.05) is 34.9 Å². The van der Waals surface area contributed by atoms with E-state index in [0.29, 0.717) is 23.9 Å². The first-order valence-corrected chi connectivity index (χ1v) is 14.0. The molecule has 5 aromatic rings. The number of halogens is 1. The number of carbonyl (C=O) groups is 1. The highest BCUT2D eigenvalue weighted by Gasteiger charge is 2.22. The number of hydrogen-bond donors (Lipinski definition) is 2. The maximum absolute atomic E-state index is 15.0. The van der Waals surface area contributed by atoms with Crippen molar-refractivity contribution in [2.75, 3.05) is 11.9 Å². The predicted molar refractivity (Wildman–Crippen MR) is 157 cm³/mol. The number of amides is 1. The van der Waals surface area contributed by atoms with Gasteiger partial charge in [-0.1, -0.05) is 23.4 Å². The van der Waals surface area contributed by atoms with Crippen LogP contribution in [0.2, 0.25) is 0 Å². The molecule has 0 aliphatic carbocycles. The minimum Gasteiger partial charge on any atom is -0.444 e. The molecule has 0 saturated heterocycles. The molecule has 12 heteroatoms. The second-order valence-corrected chi connectivity index (χ2v) is 11.7. The quantitative estimate of drug-likeness (QED) is 0.226. The molecule has 4 heterocycles. The van der Waals surface area contributed by atoms with E-state index in [1.54, 1.807) is 23.3 Å². The molecule has 2 N–H and O–H groups in total. The Morgan fingerprint density at radius 1 is 1.17 bits per heavy atom. The Kier molecular flexibility index (Phi) is 7.93. The Bertz CT molecular complexity index is 1680. The summed E-state index contributed by atoms with van der Waals surface area (Å²) in [5.41, 5.74) is 3.18. The average Bonchev–Trinajstić information content (AvgIpc) is 3.58. The molecular formula is C29H31FN8O2S. The zero-order valence-electron chi connectivity index (χ0n) is 23.5. The number of pyridine rings is 1. The first kappa shape index (κ1) is 28.1. The molecule has 5 rings (SSSR count). The number of aryl methyl sites for hydroxylation is 1. The second kappa shape index (κ2) is 11.6. The van der Waals surface area contributed by atoms with Crippen LogP contribution in [0.25, 0.3) is 31.8 Å². The summed E-state index contributed by atoms with van der Waals surface area (Å²) in [5.74, 6) is -0.177. The lowest BCUT2D eigenvalue weighted by atomic mass is 9.96. The Morgan fingerprint density at radius 3 is 2.76 bits per heavy atom. The van der Waals surface area contributed by atoms with Gasteiger partial charge >= 0.3 is 6.09 Å². The highest BCUT2D eigenvalue weighted by Crippen LogP contribution is 2.41. The van der Waals surface area contributed by atoms with E-state index in [-0.39, 0.29) is 11.7 Å². The van der Waals surface area contributed by atoms with Crippen molar-refractivity contribution in [3.05, 3.63) is 72.2 Å². The molecule has 41 heavy (non-hydrogen) atoms. The number of aromatic nitrogens is 6. The van der Waals surface area contributed by atoms with Gasteiger partial charge < -0.3 is 15.4 Å². The zero-order valence-corrected chi connectivity index (χ0v) is 24.3. The van der Waals surface area contributed by atoms with Crippen LogP contribution in [0, 0.1) is 12.7 Å². The summed E-state index contributed by atoms with van der Waals surface area (Å²) in [7, 11) is 0. The van der Waals surface area contributed by atoms with Gasteiger partial charge in [0.1, 0.15) is 11.3 Å². The zero-order chi connectivity index (χ0) is 29.1. The highest BCUT2D eigenvalue weighted by atomic mass is 32.1. The summed E-state index contributed by atoms with van der Waals surface area (Å²) in [4.78, 5) is 26.3. The van der Waals surface area contributed by atoms with Crippen LogP contribution >= 0.6 is 11.3 Å². The van der Waals surface area contributed by atoms with Gasteiger partial charge in [0.15, 0.2) is 5.82 Å². The molecule has 1 amide bonds. The number of nitrogens with one attached hydrogen (secondary N) is 2. The summed E-state index contributed by atoms with van der Waals surface area (Å²) in [6.45, 7) is 10.4. The summed E-state index contributed by atoms with van der Waals surface area (Å²) in [5, 5.41) is 14.7. The van der Waals surface area contributed by atoms with Gasteiger partial charge in [0.25, 0.3) is 0 Å². The summed E-state index contributed by atoms with van der Waals surface area (Å²) in [6, 6.07) is 9.55. The average molecular weight is 575 g/mol. The van der Waals surface area contributed by atoms with Gasteiger partial charge in [0.05, 0.1) is 29.9 Å². The minimum absolute atomic E-state index is 0.224. The van der Waals surface area contributed by atoms with Crippen LogP contribution in [0.3, 0.4) is 0 Å². The molecule has 0 fully saturated rings. The van der Waals surface area contributed by atoms with Crippen LogP contribution < -0.4 is 10.6 Å². The van der Waals surface area contributed by atoms with Gasteiger partial charge in [-0.3, -0.25) is 9.67 Å². The number of ether oxygens (including phenoxy) is 1. The minimum atomic E-state index is -0.611. The first-order chi connectivity index (χ1) is 19.6. The number of carbonyl (C=O) groups excluding carboxylic acids is 1. The van der Waals surface area contributed by atoms with E-state index in [1.807, 2.05) is 65.0 Å². The first-order valence-electron chi connectivity index (χ1n) is 13.2. The molecule has 1 aromatic carbocycles. The van der Waals surface area contributed by atoms with E-state index >= 15 is 0 Å². The van der Waals surface area contributed by atoms with Crippen molar-refractivity contribution in [2.45, 2.75) is 52.8 Å². The fourth-order valence-corrected chi connectivity index (χ4v) is 5.54. The van der Waals surface area contributed by atoms with Crippen LogP contribution in [0.15, 0.2) is 55.1 Å². The topological polar surface area (TPSA) is 120 Å². The Hall–Kier alpha value is -4.45. The number of fused-ring (bicyclic) bond motifs is 1. The third kappa shape index (κ3) is 6.65. The molecule has 0 aliphatic rings. The number of benzene rings is 1. The van der Waals surface area contributed by atoms with Crippen LogP contribution in [0.5, 0.6) is 0 Å². The number of rotatable bonds is 8. The van der Waals surface area contributed by atoms with Crippen molar-refractivity contribution in [1.29, 1.82) is 0 Å². The Labute approximate surface area is 241 Å². The number of hydrogen-bond acceptors (Lipinski definition) is 9. The molecule has 4 aromatic heterocycles. The van der Waals surface area contributed by atoms with Gasteiger partial charge in [-0.2, -0.15) is 0 Å². The summed E-state index contributed by atoms with van der Waals surface area (Å²) < 4.78 is 23.1. The lowest BCUT2D eigenvalue weighted by Crippen LogP contribution is -2.34. The van der Waals surface area contributed by atoms with Crippen LogP contribution in [0.1, 0.15) is 45.0 Å². The van der Waals surface area contributed by atoms with E-state index in [4.69, 9.17) is 4.74 Å². The van der Waals surface area contributed by atoms with Crippen molar-refractivity contribution in [3.63, 3.8) is 0 Å². The van der Waals surface area contributed by atoms with E-state index < -0.39 is 17.5 Å². The second-order valence-electron chi connectivity index (χ2n) is 10.6. The number of thiophene rings is 1. The van der Waals surface area contributed by atoms with Crippen LogP contribution in [-0.2, 0) is 11.3 Å². The van der Waals surface area contributed by atoms with Crippen LogP contribution in [-0.4, -0.2) is 48.2 Å². The third-order valence-corrected chi connectivity index (χ3v) is 7.37. The maximum Gasteiger partial charge on any atom is 0.408 e. The lowest BCUT2D eigenvalue weighted by Gasteiger charge is -2.23. The van der Waals surface area contributed by atoms with Gasteiger partial charge in [0.2, 0.25) is 5.95 Å². The predicted octanol–water partition coefficient (Wildman–Crippen LogP) is 6.16. The summed E-state index contributed by atoms with van der Waals surface area (Å²) in [6.07, 6.45) is 5.83. The van der Waals surface area contributed by atoms with Gasteiger partial charge in [-0.25, -0.2) is 19.2 Å². The maximum atomic E-state index is 15.0. The molecule has 10 nitrogen and oxygen atoms in total. The Morgan fingerprint density at radius 2 is 2.00 bits per heavy atom. The van der Waals surface area contributed by atoms with Crippen molar-refractivity contribution < 1.29 is 13.9 Å². The molecule has 0 spiro atoms. The Balaban J connectivity index is 1.46. The standard InChI is InChI=1S/C29H31FN8O2S/c1-17-13-21(22(15-32-17)18(2)35-28(39)40-29(3,4)5)20-8-6-7-19-14-24(41-26(19)20)25-23(30)16-33-27(36-25)31-9-11-38-12-10-34-37-38/h6-8,10,12-16,18H,9,11H2,1-5H3,(H,35,39)(H,31,33,36). The molecule has 1 unspecified atom stereocenters. The number of nitrogens with zero attached hydrogens (tertiary/aromatic N) is 6. The molecule has 0 radical (unpaired) electrons. The van der Waals surface area contributed by atoms with E-state index in [9.17, 15) is 9.18 Å². The number of anilines is 1. The lowest BCUT2D eigenvalue weighted by molar-refractivity contribution is 0.0508. The van der Waals surface area contributed by atoms with Gasteiger partial charge in [-0.15, -0.1) is 16.4 Å². The SMILES string of the molecule is Cc1cc(-c2cccc3cc(-c4nc(NCCn5ccnn5)ncc4F)sc23)c(C(C)NC(=O)OC(C)(C)C)cn1. The summed E-state index contributed by atoms with van der Waals surface area (Å²) >= 11 is 1.45. The normalized spacial score (nSPS) is 12.3. The smallest absolute Gasteiger partial charge is 0.408 e. The molecule has 0 saturated carbocycles. The van der Waals surface area contributed by atoms with Gasteiger partial charge in [-0.05, 0) is 63.3 Å². The van der Waals surface area contributed by atoms with Crippen molar-refractivity contribution in [2.24, 2.45) is 0 Å². The number of alkyl carbamates (subject to hydrolysis) is 1. The highest BCUT2D eigenvalue weighted by molar-refractivity contribution is 7.22. The molecule has 0 aliphatic heterocycles. The fourth-order valence-electron chi connectivity index (χ4n) is 4.36. The largest absolute Gasteiger partial charge is 0.444 e. The van der Waals surface area contributed by atoms with Crippen molar-refractivity contribution >= 4 is 33.5 Å². The monoisotopic (exact) mass is 574 g/mol. The fraction of sp³-hybridized carbons (Fsp3) is 0.310. The van der Waals surface area contributed by atoms with E-state index in [2.05, 4.69) is 35.9 Å². The molecule has 1 atom stereocenters. The third-order valence-electron chi connectivity index (χ3n) is 6.18. The van der Waals surface area contributed by atoms with Crippen molar-refractivity contribution in [3.8, 4) is 21.7 Å². The molecule has 212 valence electrons. The molecular weight excluding hydrogens is 543 g/mol. The van der Waals surface area contributed by atoms with E-state index in [0.717, 1.165) is 32.5 Å². The van der Waals surface area contributed by atoms with Crippen LogP contribution in [0.4, 0.5) is 15.1 Å².